The van der Waals surface area contributed by atoms with Gasteiger partial charge in [-0.05, 0) is 30.7 Å². The number of fused-ring (bicyclic) bond motifs is 1. The summed E-state index contributed by atoms with van der Waals surface area (Å²) in [4.78, 5) is 0. The summed E-state index contributed by atoms with van der Waals surface area (Å²) >= 11 is 0. The molecular formula is C17H15F3N2O. The number of ether oxygens (including phenoxy) is 1. The van der Waals surface area contributed by atoms with E-state index in [2.05, 4.69) is 0 Å². The average molecular weight is 320 g/mol. The summed E-state index contributed by atoms with van der Waals surface area (Å²) in [7, 11) is 0. The van der Waals surface area contributed by atoms with Crippen molar-refractivity contribution in [1.82, 2.24) is 0 Å². The lowest BCUT2D eigenvalue weighted by Crippen LogP contribution is -2.10. The third kappa shape index (κ3) is 2.76. The zero-order valence-electron chi connectivity index (χ0n) is 12.4. The molecule has 0 fully saturated rings. The number of nitrogens with two attached hydrogens (primary N) is 1. The molecule has 0 amide bonds. The number of para-hydroxylation sites is 1. The third-order valence-electron chi connectivity index (χ3n) is 3.95. The van der Waals surface area contributed by atoms with Crippen LogP contribution in [0.1, 0.15) is 35.3 Å². The lowest BCUT2D eigenvalue weighted by molar-refractivity contribution is -0.137. The number of halogens is 3. The molecular weight excluding hydrogens is 305 g/mol. The standard InChI is InChI=1S/C17H15F3N2O/c1-9(21)12-3-2-4-13(16(12)22)15-8-10-7-11(17(18,19)20)5-6-14(10)23-15/h2-7,15,21H,8,22H2,1H3. The van der Waals surface area contributed by atoms with Crippen molar-refractivity contribution in [3.63, 3.8) is 0 Å². The van der Waals surface area contributed by atoms with Gasteiger partial charge in [0.05, 0.1) is 5.56 Å². The number of nitrogens with one attached hydrogen (secondary N) is 1. The van der Waals surface area contributed by atoms with Gasteiger partial charge in [-0.1, -0.05) is 18.2 Å². The van der Waals surface area contributed by atoms with Gasteiger partial charge in [-0.2, -0.15) is 13.2 Å². The van der Waals surface area contributed by atoms with E-state index >= 15 is 0 Å². The van der Waals surface area contributed by atoms with Crippen LogP contribution in [0, 0.1) is 5.41 Å². The van der Waals surface area contributed by atoms with E-state index in [1.165, 1.54) is 6.07 Å². The van der Waals surface area contributed by atoms with Crippen molar-refractivity contribution < 1.29 is 17.9 Å². The van der Waals surface area contributed by atoms with Crippen molar-refractivity contribution >= 4 is 11.4 Å². The van der Waals surface area contributed by atoms with E-state index in [0.29, 0.717) is 40.3 Å². The zero-order chi connectivity index (χ0) is 16.8. The number of benzene rings is 2. The van der Waals surface area contributed by atoms with Crippen molar-refractivity contribution in [1.29, 1.82) is 5.41 Å². The molecule has 0 spiro atoms. The van der Waals surface area contributed by atoms with Crippen LogP contribution in [0.3, 0.4) is 0 Å². The van der Waals surface area contributed by atoms with Gasteiger partial charge in [-0.25, -0.2) is 0 Å². The van der Waals surface area contributed by atoms with E-state index in [-0.39, 0.29) is 0 Å². The Bertz CT molecular complexity index is 784. The highest BCUT2D eigenvalue weighted by atomic mass is 19.4. The Labute approximate surface area is 131 Å². The molecule has 0 bridgehead atoms. The molecule has 1 aliphatic rings. The minimum Gasteiger partial charge on any atom is -0.485 e. The van der Waals surface area contributed by atoms with E-state index in [4.69, 9.17) is 15.9 Å². The first-order valence-electron chi connectivity index (χ1n) is 7.08. The van der Waals surface area contributed by atoms with Gasteiger partial charge in [0.1, 0.15) is 11.9 Å². The fourth-order valence-electron chi connectivity index (χ4n) is 2.79. The van der Waals surface area contributed by atoms with Crippen LogP contribution < -0.4 is 10.5 Å². The van der Waals surface area contributed by atoms with Crippen molar-refractivity contribution in [3.8, 4) is 5.75 Å². The van der Waals surface area contributed by atoms with Crippen LogP contribution in [-0.4, -0.2) is 5.71 Å². The number of anilines is 1. The molecule has 1 aliphatic heterocycles. The van der Waals surface area contributed by atoms with Gasteiger partial charge in [0, 0.05) is 28.9 Å². The molecule has 2 aromatic rings. The number of alkyl halides is 3. The summed E-state index contributed by atoms with van der Waals surface area (Å²) < 4.78 is 44.2. The van der Waals surface area contributed by atoms with Gasteiger partial charge in [0.15, 0.2) is 0 Å². The van der Waals surface area contributed by atoms with Crippen molar-refractivity contribution in [2.75, 3.05) is 5.73 Å². The molecule has 3 rings (SSSR count). The first-order valence-corrected chi connectivity index (χ1v) is 7.08. The first-order chi connectivity index (χ1) is 10.8. The van der Waals surface area contributed by atoms with E-state index in [0.717, 1.165) is 12.1 Å². The molecule has 3 nitrogen and oxygen atoms in total. The maximum atomic E-state index is 12.8. The minimum absolute atomic E-state index is 0.323. The maximum Gasteiger partial charge on any atom is 0.416 e. The topological polar surface area (TPSA) is 59.1 Å². The van der Waals surface area contributed by atoms with Crippen LogP contribution in [-0.2, 0) is 12.6 Å². The second-order valence-corrected chi connectivity index (χ2v) is 5.56. The average Bonchev–Trinajstić information content (AvgIpc) is 2.88. The second kappa shape index (κ2) is 5.30. The van der Waals surface area contributed by atoms with Crippen molar-refractivity contribution in [3.05, 3.63) is 58.7 Å². The van der Waals surface area contributed by atoms with Crippen LogP contribution in [0.4, 0.5) is 18.9 Å². The molecule has 0 radical (unpaired) electrons. The molecule has 0 saturated carbocycles. The number of hydrogen-bond donors (Lipinski definition) is 2. The minimum atomic E-state index is -4.37. The normalized spacial score (nSPS) is 16.8. The Balaban J connectivity index is 1.94. The van der Waals surface area contributed by atoms with Gasteiger partial charge < -0.3 is 15.9 Å². The van der Waals surface area contributed by atoms with Crippen molar-refractivity contribution in [2.24, 2.45) is 0 Å². The Morgan fingerprint density at radius 1 is 1.26 bits per heavy atom. The first kappa shape index (κ1) is 15.4. The summed E-state index contributed by atoms with van der Waals surface area (Å²) in [6.45, 7) is 1.63. The van der Waals surface area contributed by atoms with Crippen LogP contribution in [0.5, 0.6) is 5.75 Å². The second-order valence-electron chi connectivity index (χ2n) is 5.56. The molecule has 6 heteroatoms. The fourth-order valence-corrected chi connectivity index (χ4v) is 2.79. The van der Waals surface area contributed by atoms with Crippen LogP contribution in [0.15, 0.2) is 36.4 Å². The number of rotatable bonds is 2. The molecule has 1 heterocycles. The number of nitrogen functional groups attached to an aromatic ring is 1. The largest absolute Gasteiger partial charge is 0.485 e. The van der Waals surface area contributed by atoms with Crippen LogP contribution in [0.2, 0.25) is 0 Å². The van der Waals surface area contributed by atoms with E-state index in [9.17, 15) is 13.2 Å². The molecule has 1 unspecified atom stereocenters. The molecule has 1 atom stereocenters. The smallest absolute Gasteiger partial charge is 0.416 e. The molecule has 0 saturated heterocycles. The molecule has 2 aromatic carbocycles. The SMILES string of the molecule is CC(=N)c1cccc(C2Cc3cc(C(F)(F)F)ccc3O2)c1N. The summed E-state index contributed by atoms with van der Waals surface area (Å²) in [6.07, 6.45) is -4.49. The van der Waals surface area contributed by atoms with Gasteiger partial charge in [0.25, 0.3) is 0 Å². The van der Waals surface area contributed by atoms with Crippen LogP contribution in [0.25, 0.3) is 0 Å². The van der Waals surface area contributed by atoms with Gasteiger partial charge in [-0.15, -0.1) is 0 Å². The summed E-state index contributed by atoms with van der Waals surface area (Å²) in [5.74, 6) is 0.444. The molecule has 120 valence electrons. The molecule has 0 aliphatic carbocycles. The van der Waals surface area contributed by atoms with E-state index in [1.54, 1.807) is 25.1 Å². The Morgan fingerprint density at radius 3 is 2.65 bits per heavy atom. The fraction of sp³-hybridized carbons (Fsp3) is 0.235. The molecule has 3 N–H and O–H groups in total. The molecule has 23 heavy (non-hydrogen) atoms. The summed E-state index contributed by atoms with van der Waals surface area (Å²) in [5.41, 5.74) is 8.00. The zero-order valence-corrected chi connectivity index (χ0v) is 12.4. The quantitative estimate of drug-likeness (QED) is 0.638. The van der Waals surface area contributed by atoms with Gasteiger partial charge >= 0.3 is 6.18 Å². The monoisotopic (exact) mass is 320 g/mol. The summed E-state index contributed by atoms with van der Waals surface area (Å²) in [6, 6.07) is 8.78. The highest BCUT2D eigenvalue weighted by Gasteiger charge is 2.34. The Hall–Kier alpha value is -2.50. The molecule has 0 aromatic heterocycles. The Morgan fingerprint density at radius 2 is 2.00 bits per heavy atom. The lowest BCUT2D eigenvalue weighted by atomic mass is 9.97. The van der Waals surface area contributed by atoms with Crippen LogP contribution >= 0.6 is 0 Å². The van der Waals surface area contributed by atoms with Gasteiger partial charge in [-0.3, -0.25) is 0 Å². The predicted octanol–water partition coefficient (Wildman–Crippen LogP) is 4.35. The third-order valence-corrected chi connectivity index (χ3v) is 3.95. The van der Waals surface area contributed by atoms with E-state index < -0.39 is 17.8 Å². The highest BCUT2D eigenvalue weighted by molar-refractivity contribution is 6.01. The highest BCUT2D eigenvalue weighted by Crippen LogP contribution is 2.41. The summed E-state index contributed by atoms with van der Waals surface area (Å²) in [5, 5.41) is 7.72. The van der Waals surface area contributed by atoms with E-state index in [1.807, 2.05) is 0 Å². The van der Waals surface area contributed by atoms with Gasteiger partial charge in [0.2, 0.25) is 0 Å². The Kier molecular flexibility index (Phi) is 3.55. The maximum absolute atomic E-state index is 12.8. The predicted molar refractivity (Wildman–Crippen MR) is 81.9 cm³/mol. The van der Waals surface area contributed by atoms with Crippen molar-refractivity contribution in [2.45, 2.75) is 25.6 Å². The lowest BCUT2D eigenvalue weighted by Gasteiger charge is -2.16. The number of hydrogen-bond acceptors (Lipinski definition) is 3.